The Balaban J connectivity index is 2.18. The molecule has 0 fully saturated rings. The fraction of sp³-hybridized carbons (Fsp3) is 0.0769. The number of Topliss-reactive ketones (excluding diaryl/α,β-unsaturated/α-hetero) is 1. The number of pyridine rings is 1. The first-order chi connectivity index (χ1) is 9.06. The van der Waals surface area contributed by atoms with E-state index in [9.17, 15) is 19.3 Å². The van der Waals surface area contributed by atoms with Crippen molar-refractivity contribution < 1.29 is 14.1 Å². The van der Waals surface area contributed by atoms with E-state index in [2.05, 4.69) is 4.98 Å². The van der Waals surface area contributed by atoms with Gasteiger partial charge in [0.25, 0.3) is 0 Å². The molecule has 2 aromatic rings. The van der Waals surface area contributed by atoms with Crippen LogP contribution in [-0.2, 0) is 6.42 Å². The van der Waals surface area contributed by atoms with Gasteiger partial charge in [0.15, 0.2) is 0 Å². The van der Waals surface area contributed by atoms with Gasteiger partial charge in [-0.3, -0.25) is 4.79 Å². The number of halogens is 1. The van der Waals surface area contributed by atoms with Crippen molar-refractivity contribution in [1.82, 2.24) is 4.98 Å². The monoisotopic (exact) mass is 260 g/mol. The molecule has 19 heavy (non-hydrogen) atoms. The molecule has 1 heterocycles. The summed E-state index contributed by atoms with van der Waals surface area (Å²) >= 11 is 0. The second-order valence-corrected chi connectivity index (χ2v) is 3.86. The minimum atomic E-state index is -0.658. The second-order valence-electron chi connectivity index (χ2n) is 3.86. The van der Waals surface area contributed by atoms with Gasteiger partial charge in [-0.1, -0.05) is 12.1 Å². The molecule has 1 aromatic heterocycles. The maximum absolute atomic E-state index is 12.7. The highest BCUT2D eigenvalue weighted by Gasteiger charge is 2.16. The highest BCUT2D eigenvalue weighted by atomic mass is 19.1. The highest BCUT2D eigenvalue weighted by Crippen LogP contribution is 2.11. The number of hydrogen-bond donors (Lipinski definition) is 0. The van der Waals surface area contributed by atoms with Crippen molar-refractivity contribution in [3.05, 3.63) is 69.7 Å². The highest BCUT2D eigenvalue weighted by molar-refractivity contribution is 5.95. The molecule has 2 rings (SSSR count). The third kappa shape index (κ3) is 3.19. The van der Waals surface area contributed by atoms with Crippen LogP contribution in [-0.4, -0.2) is 15.7 Å². The summed E-state index contributed by atoms with van der Waals surface area (Å²) in [6.45, 7) is 0. The average molecular weight is 260 g/mol. The quantitative estimate of drug-likeness (QED) is 0.481. The Morgan fingerprint density at radius 3 is 2.53 bits per heavy atom. The minimum absolute atomic E-state index is 0.0223. The van der Waals surface area contributed by atoms with Crippen LogP contribution in [0.2, 0.25) is 0 Å². The zero-order valence-electron chi connectivity index (χ0n) is 9.75. The molecule has 0 N–H and O–H groups in total. The Bertz CT molecular complexity index is 626. The number of aromatic nitrogens is 1. The Morgan fingerprint density at radius 1 is 1.21 bits per heavy atom. The lowest BCUT2D eigenvalue weighted by molar-refractivity contribution is -0.389. The summed E-state index contributed by atoms with van der Waals surface area (Å²) in [5, 5.41) is 10.6. The molecule has 0 bridgehead atoms. The summed E-state index contributed by atoms with van der Waals surface area (Å²) in [7, 11) is 0. The summed E-state index contributed by atoms with van der Waals surface area (Å²) in [6, 6.07) is 9.53. The summed E-state index contributed by atoms with van der Waals surface area (Å²) in [5.74, 6) is -1.11. The van der Waals surface area contributed by atoms with Crippen LogP contribution < -0.4 is 0 Å². The van der Waals surface area contributed by atoms with Crippen LogP contribution in [0.5, 0.6) is 0 Å². The van der Waals surface area contributed by atoms with E-state index in [1.807, 2.05) is 0 Å². The van der Waals surface area contributed by atoms with Crippen molar-refractivity contribution in [2.45, 2.75) is 6.42 Å². The molecule has 0 aliphatic carbocycles. The molecule has 0 amide bonds. The average Bonchev–Trinajstić information content (AvgIpc) is 2.41. The molecule has 0 spiro atoms. The number of hydrogen-bond acceptors (Lipinski definition) is 4. The van der Waals surface area contributed by atoms with Crippen LogP contribution in [0.15, 0.2) is 42.5 Å². The van der Waals surface area contributed by atoms with Crippen LogP contribution in [0.25, 0.3) is 0 Å². The molecule has 0 aliphatic rings. The first-order valence-corrected chi connectivity index (χ1v) is 5.45. The fourth-order valence-corrected chi connectivity index (χ4v) is 1.56. The van der Waals surface area contributed by atoms with Crippen LogP contribution in [0.3, 0.4) is 0 Å². The van der Waals surface area contributed by atoms with Crippen LogP contribution >= 0.6 is 0 Å². The van der Waals surface area contributed by atoms with Gasteiger partial charge in [-0.15, -0.1) is 0 Å². The first kappa shape index (κ1) is 12.8. The third-order valence-electron chi connectivity index (χ3n) is 2.49. The number of nitrogens with zero attached hydrogens (tertiary/aromatic N) is 2. The Hall–Kier alpha value is -2.63. The largest absolute Gasteiger partial charge is 0.364 e. The predicted octanol–water partition coefficient (Wildman–Crippen LogP) is 2.55. The van der Waals surface area contributed by atoms with Crippen molar-refractivity contribution in [1.29, 1.82) is 0 Å². The summed E-state index contributed by atoms with van der Waals surface area (Å²) in [6.07, 6.45) is 0.0223. The van der Waals surface area contributed by atoms with Crippen LogP contribution in [0.4, 0.5) is 10.2 Å². The van der Waals surface area contributed by atoms with Gasteiger partial charge in [-0.05, 0) is 39.7 Å². The predicted molar refractivity (Wildman–Crippen MR) is 65.3 cm³/mol. The maximum Gasteiger partial charge on any atom is 0.364 e. The standard InChI is InChI=1S/C13H9FN2O3/c14-10-6-4-9(5-7-10)8-12(17)11-2-1-3-13(15-11)16(18)19/h1-7H,8H2. The van der Waals surface area contributed by atoms with Crippen LogP contribution in [0, 0.1) is 15.9 Å². The normalized spacial score (nSPS) is 10.2. The van der Waals surface area contributed by atoms with Gasteiger partial charge in [0.05, 0.1) is 0 Å². The van der Waals surface area contributed by atoms with Gasteiger partial charge in [-0.25, -0.2) is 4.39 Å². The van der Waals surface area contributed by atoms with E-state index in [0.717, 1.165) is 0 Å². The molecule has 0 unspecified atom stereocenters. The Labute approximate surface area is 107 Å². The molecule has 0 atom stereocenters. The van der Waals surface area contributed by atoms with E-state index >= 15 is 0 Å². The molecule has 96 valence electrons. The van der Waals surface area contributed by atoms with Crippen molar-refractivity contribution in [2.75, 3.05) is 0 Å². The molecule has 1 aromatic carbocycles. The number of carbonyl (C=O) groups excluding carboxylic acids is 1. The number of carbonyl (C=O) groups is 1. The number of rotatable bonds is 4. The van der Waals surface area contributed by atoms with Gasteiger partial charge >= 0.3 is 5.82 Å². The lowest BCUT2D eigenvalue weighted by atomic mass is 10.1. The van der Waals surface area contributed by atoms with Gasteiger partial charge in [0.2, 0.25) is 11.5 Å². The maximum atomic E-state index is 12.7. The van der Waals surface area contributed by atoms with E-state index in [4.69, 9.17) is 0 Å². The van der Waals surface area contributed by atoms with Crippen LogP contribution in [0.1, 0.15) is 16.1 Å². The zero-order valence-corrected chi connectivity index (χ0v) is 9.75. The Morgan fingerprint density at radius 2 is 1.89 bits per heavy atom. The third-order valence-corrected chi connectivity index (χ3v) is 2.49. The number of nitro groups is 1. The molecular formula is C13H9FN2O3. The van der Waals surface area contributed by atoms with Crippen molar-refractivity contribution in [2.24, 2.45) is 0 Å². The molecule has 0 saturated heterocycles. The summed E-state index contributed by atoms with van der Waals surface area (Å²) < 4.78 is 12.7. The van der Waals surface area contributed by atoms with E-state index in [0.29, 0.717) is 5.56 Å². The van der Waals surface area contributed by atoms with E-state index in [1.54, 1.807) is 0 Å². The Kier molecular flexibility index (Phi) is 3.61. The van der Waals surface area contributed by atoms with Gasteiger partial charge < -0.3 is 10.1 Å². The van der Waals surface area contributed by atoms with E-state index in [1.165, 1.54) is 42.5 Å². The smallest absolute Gasteiger partial charge is 0.358 e. The number of ketones is 1. The van der Waals surface area contributed by atoms with Crippen molar-refractivity contribution in [3.8, 4) is 0 Å². The van der Waals surface area contributed by atoms with E-state index < -0.39 is 4.92 Å². The van der Waals surface area contributed by atoms with E-state index in [-0.39, 0.29) is 29.5 Å². The van der Waals surface area contributed by atoms with Crippen molar-refractivity contribution >= 4 is 11.6 Å². The summed E-state index contributed by atoms with van der Waals surface area (Å²) in [4.78, 5) is 25.5. The topological polar surface area (TPSA) is 73.1 Å². The summed E-state index contributed by atoms with van der Waals surface area (Å²) in [5.41, 5.74) is 0.651. The second kappa shape index (κ2) is 5.34. The van der Waals surface area contributed by atoms with Gasteiger partial charge in [-0.2, -0.15) is 0 Å². The minimum Gasteiger partial charge on any atom is -0.358 e. The zero-order chi connectivity index (χ0) is 13.8. The SMILES string of the molecule is O=C(Cc1ccc(F)cc1)c1cccc([N+](=O)[O-])n1. The lowest BCUT2D eigenvalue weighted by Crippen LogP contribution is -2.07. The number of benzene rings is 1. The lowest BCUT2D eigenvalue weighted by Gasteiger charge is -1.99. The molecule has 0 aliphatic heterocycles. The molecule has 0 radical (unpaired) electrons. The van der Waals surface area contributed by atoms with Gasteiger partial charge in [0, 0.05) is 12.5 Å². The fourth-order valence-electron chi connectivity index (χ4n) is 1.56. The molecule has 6 heteroatoms. The molecular weight excluding hydrogens is 251 g/mol. The molecule has 0 saturated carbocycles. The van der Waals surface area contributed by atoms with Crippen molar-refractivity contribution in [3.63, 3.8) is 0 Å². The van der Waals surface area contributed by atoms with Gasteiger partial charge in [0.1, 0.15) is 5.82 Å². The molecule has 5 nitrogen and oxygen atoms in total. The first-order valence-electron chi connectivity index (χ1n) is 5.45.